The molecule has 0 radical (unpaired) electrons. The molecule has 0 aliphatic heterocycles. The van der Waals surface area contributed by atoms with Gasteiger partial charge in [0.1, 0.15) is 6.33 Å². The molecule has 1 aromatic heterocycles. The van der Waals surface area contributed by atoms with Crippen LogP contribution in [0.3, 0.4) is 0 Å². The minimum Gasteiger partial charge on any atom is -0.328 e. The highest BCUT2D eigenvalue weighted by molar-refractivity contribution is 5.93. The summed E-state index contributed by atoms with van der Waals surface area (Å²) in [7, 11) is 0. The summed E-state index contributed by atoms with van der Waals surface area (Å²) in [6.07, 6.45) is 4.06. The first-order valence-corrected chi connectivity index (χ1v) is 7.04. The molecule has 0 spiro atoms. The van der Waals surface area contributed by atoms with Crippen LogP contribution in [0.5, 0.6) is 0 Å². The van der Waals surface area contributed by atoms with Crippen molar-refractivity contribution in [1.29, 1.82) is 0 Å². The summed E-state index contributed by atoms with van der Waals surface area (Å²) in [5, 5.41) is 14.1. The second-order valence-electron chi connectivity index (χ2n) is 5.51. The van der Waals surface area contributed by atoms with Crippen LogP contribution in [0, 0.1) is 12.8 Å². The van der Waals surface area contributed by atoms with Crippen molar-refractivity contribution in [3.8, 4) is 5.69 Å². The Labute approximate surface area is 122 Å². The van der Waals surface area contributed by atoms with Crippen molar-refractivity contribution in [2.45, 2.75) is 32.2 Å². The summed E-state index contributed by atoms with van der Waals surface area (Å²) < 4.78 is 1.56. The highest BCUT2D eigenvalue weighted by Crippen LogP contribution is 2.26. The van der Waals surface area contributed by atoms with E-state index >= 15 is 0 Å². The molecule has 3 N–H and O–H groups in total. The third-order valence-electron chi connectivity index (χ3n) is 3.94. The van der Waals surface area contributed by atoms with Crippen LogP contribution >= 0.6 is 0 Å². The van der Waals surface area contributed by atoms with E-state index in [2.05, 4.69) is 20.8 Å². The third kappa shape index (κ3) is 2.92. The van der Waals surface area contributed by atoms with Gasteiger partial charge in [-0.05, 0) is 54.3 Å². The third-order valence-corrected chi connectivity index (χ3v) is 3.94. The average molecular weight is 286 g/mol. The first kappa shape index (κ1) is 13.7. The molecular weight excluding hydrogens is 268 g/mol. The zero-order valence-corrected chi connectivity index (χ0v) is 11.9. The fraction of sp³-hybridized carbons (Fsp3) is 0.429. The van der Waals surface area contributed by atoms with Gasteiger partial charge in [-0.1, -0.05) is 6.07 Å². The number of aromatic nitrogens is 4. The smallest absolute Gasteiger partial charge is 0.227 e. The summed E-state index contributed by atoms with van der Waals surface area (Å²) in [5.41, 5.74) is 8.47. The summed E-state index contributed by atoms with van der Waals surface area (Å²) in [4.78, 5) is 12.3. The molecule has 1 aromatic carbocycles. The van der Waals surface area contributed by atoms with Gasteiger partial charge in [-0.2, -0.15) is 0 Å². The molecule has 2 aromatic rings. The monoisotopic (exact) mass is 286 g/mol. The number of rotatable bonds is 3. The van der Waals surface area contributed by atoms with Gasteiger partial charge in [-0.25, -0.2) is 4.68 Å². The zero-order valence-electron chi connectivity index (χ0n) is 11.9. The normalized spacial score (nSPS) is 21.4. The Morgan fingerprint density at radius 2 is 2.29 bits per heavy atom. The van der Waals surface area contributed by atoms with Gasteiger partial charge in [0, 0.05) is 17.6 Å². The van der Waals surface area contributed by atoms with Crippen LogP contribution in [0.2, 0.25) is 0 Å². The summed E-state index contributed by atoms with van der Waals surface area (Å²) in [5.74, 6) is 0.0519. The van der Waals surface area contributed by atoms with E-state index < -0.39 is 0 Å². The van der Waals surface area contributed by atoms with Gasteiger partial charge >= 0.3 is 0 Å². The Bertz CT molecular complexity index is 639. The maximum atomic E-state index is 12.3. The molecule has 7 heteroatoms. The molecule has 1 heterocycles. The number of aryl methyl sites for hydroxylation is 1. The number of amides is 1. The van der Waals surface area contributed by atoms with Gasteiger partial charge in [-0.15, -0.1) is 5.10 Å². The van der Waals surface area contributed by atoms with Gasteiger partial charge < -0.3 is 11.1 Å². The molecule has 0 bridgehead atoms. The second-order valence-corrected chi connectivity index (χ2v) is 5.51. The van der Waals surface area contributed by atoms with Crippen LogP contribution in [-0.2, 0) is 4.79 Å². The van der Waals surface area contributed by atoms with E-state index in [-0.39, 0.29) is 17.9 Å². The molecule has 0 saturated heterocycles. The molecule has 7 nitrogen and oxygen atoms in total. The van der Waals surface area contributed by atoms with Gasteiger partial charge in [-0.3, -0.25) is 4.79 Å². The van der Waals surface area contributed by atoms with E-state index in [9.17, 15) is 4.79 Å². The summed E-state index contributed by atoms with van der Waals surface area (Å²) in [6, 6.07) is 5.87. The Hall–Kier alpha value is -2.28. The molecule has 3 rings (SSSR count). The minimum absolute atomic E-state index is 0.0103. The number of hydrogen-bond acceptors (Lipinski definition) is 5. The van der Waals surface area contributed by atoms with E-state index in [1.807, 2.05) is 25.1 Å². The van der Waals surface area contributed by atoms with Crippen molar-refractivity contribution in [2.75, 3.05) is 5.32 Å². The minimum atomic E-state index is 0.0103. The Morgan fingerprint density at radius 3 is 2.95 bits per heavy atom. The van der Waals surface area contributed by atoms with Crippen molar-refractivity contribution in [1.82, 2.24) is 20.2 Å². The molecule has 1 amide bonds. The van der Waals surface area contributed by atoms with Gasteiger partial charge in [0.25, 0.3) is 0 Å². The molecule has 1 fully saturated rings. The van der Waals surface area contributed by atoms with Gasteiger partial charge in [0.15, 0.2) is 0 Å². The number of carbonyl (C=O) groups excluding carboxylic acids is 1. The fourth-order valence-corrected chi connectivity index (χ4v) is 2.66. The largest absolute Gasteiger partial charge is 0.328 e. The van der Waals surface area contributed by atoms with E-state index in [1.54, 1.807) is 4.68 Å². The number of nitrogens with two attached hydrogens (primary N) is 1. The van der Waals surface area contributed by atoms with Crippen LogP contribution in [0.25, 0.3) is 5.69 Å². The Balaban J connectivity index is 1.78. The fourth-order valence-electron chi connectivity index (χ4n) is 2.66. The number of nitrogens with one attached hydrogen (secondary N) is 1. The number of benzene rings is 1. The molecule has 2 atom stereocenters. The lowest BCUT2D eigenvalue weighted by atomic mass is 10.1. The zero-order chi connectivity index (χ0) is 14.8. The lowest BCUT2D eigenvalue weighted by Crippen LogP contribution is -2.23. The molecule has 1 aliphatic carbocycles. The molecule has 1 aliphatic rings. The molecule has 21 heavy (non-hydrogen) atoms. The van der Waals surface area contributed by atoms with Crippen molar-refractivity contribution in [3.63, 3.8) is 0 Å². The Kier molecular flexibility index (Phi) is 3.66. The highest BCUT2D eigenvalue weighted by Gasteiger charge is 2.27. The molecule has 110 valence electrons. The van der Waals surface area contributed by atoms with Crippen LogP contribution in [-0.4, -0.2) is 32.2 Å². The van der Waals surface area contributed by atoms with Gasteiger partial charge in [0.05, 0.1) is 5.69 Å². The predicted octanol–water partition coefficient (Wildman–Crippen LogP) is 1.04. The second kappa shape index (κ2) is 5.61. The predicted molar refractivity (Wildman–Crippen MR) is 77.8 cm³/mol. The van der Waals surface area contributed by atoms with Crippen molar-refractivity contribution < 1.29 is 4.79 Å². The van der Waals surface area contributed by atoms with E-state index in [1.165, 1.54) is 6.33 Å². The van der Waals surface area contributed by atoms with Crippen molar-refractivity contribution in [2.24, 2.45) is 11.7 Å². The maximum absolute atomic E-state index is 12.3. The lowest BCUT2D eigenvalue weighted by Gasteiger charge is -2.13. The molecule has 2 unspecified atom stereocenters. The number of carbonyl (C=O) groups is 1. The Morgan fingerprint density at radius 1 is 1.43 bits per heavy atom. The van der Waals surface area contributed by atoms with E-state index in [0.717, 1.165) is 36.2 Å². The maximum Gasteiger partial charge on any atom is 0.227 e. The molecule has 1 saturated carbocycles. The standard InChI is InChI=1S/C14H18N6O/c1-9-2-5-12(20-8-16-18-19-20)7-13(9)17-14(21)10-3-4-11(15)6-10/h2,5,7-8,10-11H,3-4,6,15H2,1H3,(H,17,21). The van der Waals surface area contributed by atoms with Crippen LogP contribution in [0.4, 0.5) is 5.69 Å². The number of tetrazole rings is 1. The number of hydrogen-bond donors (Lipinski definition) is 2. The van der Waals surface area contributed by atoms with E-state index in [4.69, 9.17) is 5.73 Å². The summed E-state index contributed by atoms with van der Waals surface area (Å²) in [6.45, 7) is 1.96. The summed E-state index contributed by atoms with van der Waals surface area (Å²) >= 11 is 0. The van der Waals surface area contributed by atoms with Crippen LogP contribution in [0.15, 0.2) is 24.5 Å². The highest BCUT2D eigenvalue weighted by atomic mass is 16.1. The topological polar surface area (TPSA) is 98.7 Å². The quantitative estimate of drug-likeness (QED) is 0.878. The molecular formula is C14H18N6O. The first-order valence-electron chi connectivity index (χ1n) is 7.04. The van der Waals surface area contributed by atoms with E-state index in [0.29, 0.717) is 0 Å². The van der Waals surface area contributed by atoms with Gasteiger partial charge in [0.2, 0.25) is 5.91 Å². The first-order chi connectivity index (χ1) is 10.1. The number of anilines is 1. The lowest BCUT2D eigenvalue weighted by molar-refractivity contribution is -0.119. The van der Waals surface area contributed by atoms with Crippen molar-refractivity contribution in [3.05, 3.63) is 30.1 Å². The van der Waals surface area contributed by atoms with Crippen LogP contribution in [0.1, 0.15) is 24.8 Å². The van der Waals surface area contributed by atoms with Crippen LogP contribution < -0.4 is 11.1 Å². The number of nitrogens with zero attached hydrogens (tertiary/aromatic N) is 4. The van der Waals surface area contributed by atoms with Crippen molar-refractivity contribution >= 4 is 11.6 Å². The average Bonchev–Trinajstić information content (AvgIpc) is 3.12. The SMILES string of the molecule is Cc1ccc(-n2cnnn2)cc1NC(=O)C1CCC(N)C1.